The summed E-state index contributed by atoms with van der Waals surface area (Å²) in [5.41, 5.74) is -0.254. The van der Waals surface area contributed by atoms with Gasteiger partial charge in [-0.15, -0.1) is 0 Å². The van der Waals surface area contributed by atoms with Crippen LogP contribution in [0.2, 0.25) is 0 Å². The van der Waals surface area contributed by atoms with E-state index in [1.54, 1.807) is 13.2 Å². The summed E-state index contributed by atoms with van der Waals surface area (Å²) < 4.78 is 18.9. The quantitative estimate of drug-likeness (QED) is 0.846. The zero-order valence-corrected chi connectivity index (χ0v) is 10.2. The molecule has 18 heavy (non-hydrogen) atoms. The molecular weight excluding hydrogens is 237 g/mol. The van der Waals surface area contributed by atoms with Crippen molar-refractivity contribution < 1.29 is 19.0 Å². The lowest BCUT2D eigenvalue weighted by Crippen LogP contribution is -2.45. The summed E-state index contributed by atoms with van der Waals surface area (Å²) in [6.07, 6.45) is 2.98. The van der Waals surface area contributed by atoms with Gasteiger partial charge in [0.1, 0.15) is 11.4 Å². The third kappa shape index (κ3) is 2.31. The first-order chi connectivity index (χ1) is 8.58. The molecule has 2 rings (SSSR count). The van der Waals surface area contributed by atoms with Gasteiger partial charge in [-0.25, -0.2) is 9.18 Å². The number of methoxy groups -OCH3 is 1. The Balaban J connectivity index is 2.14. The molecule has 0 amide bonds. The first kappa shape index (κ1) is 12.8. The Bertz CT molecular complexity index is 452. The molecule has 0 heterocycles. The predicted molar refractivity (Wildman–Crippen MR) is 65.4 cm³/mol. The molecule has 1 fully saturated rings. The average molecular weight is 253 g/mol. The lowest BCUT2D eigenvalue weighted by molar-refractivity contribution is -0.0601. The smallest absolute Gasteiger partial charge is 0.340 e. The topological polar surface area (TPSA) is 58.6 Å². The fourth-order valence-corrected chi connectivity index (χ4v) is 2.17. The van der Waals surface area contributed by atoms with Crippen molar-refractivity contribution in [2.24, 2.45) is 0 Å². The maximum absolute atomic E-state index is 13.4. The van der Waals surface area contributed by atoms with Gasteiger partial charge < -0.3 is 15.2 Å². The summed E-state index contributed by atoms with van der Waals surface area (Å²) in [6.45, 7) is 0.493. The molecule has 4 nitrogen and oxygen atoms in total. The van der Waals surface area contributed by atoms with Gasteiger partial charge in [-0.2, -0.15) is 0 Å². The van der Waals surface area contributed by atoms with E-state index in [1.165, 1.54) is 6.07 Å². The molecule has 1 saturated carbocycles. The molecule has 0 radical (unpaired) electrons. The van der Waals surface area contributed by atoms with Crippen LogP contribution in [0, 0.1) is 5.82 Å². The Morgan fingerprint density at radius 3 is 2.78 bits per heavy atom. The van der Waals surface area contributed by atoms with Crippen LogP contribution >= 0.6 is 0 Å². The number of hydrogen-bond donors (Lipinski definition) is 2. The SMILES string of the molecule is COC1(CNc2cccc(F)c2C(=O)O)CCC1. The van der Waals surface area contributed by atoms with Crippen molar-refractivity contribution in [3.63, 3.8) is 0 Å². The molecule has 0 spiro atoms. The van der Waals surface area contributed by atoms with Gasteiger partial charge in [-0.1, -0.05) is 6.07 Å². The Hall–Kier alpha value is -1.62. The largest absolute Gasteiger partial charge is 0.478 e. The number of rotatable bonds is 5. The highest BCUT2D eigenvalue weighted by Crippen LogP contribution is 2.35. The van der Waals surface area contributed by atoms with Crippen LogP contribution in [0.5, 0.6) is 0 Å². The van der Waals surface area contributed by atoms with E-state index >= 15 is 0 Å². The molecule has 98 valence electrons. The van der Waals surface area contributed by atoms with Gasteiger partial charge in [0, 0.05) is 13.7 Å². The molecule has 0 bridgehead atoms. The highest BCUT2D eigenvalue weighted by molar-refractivity contribution is 5.94. The molecule has 5 heteroatoms. The number of anilines is 1. The number of benzene rings is 1. The number of carboxylic acid groups (broad SMARTS) is 1. The minimum atomic E-state index is -1.27. The van der Waals surface area contributed by atoms with E-state index in [2.05, 4.69) is 5.32 Å². The van der Waals surface area contributed by atoms with Crippen molar-refractivity contribution >= 4 is 11.7 Å². The zero-order chi connectivity index (χ0) is 13.2. The van der Waals surface area contributed by atoms with Gasteiger partial charge in [0.15, 0.2) is 0 Å². The predicted octanol–water partition coefficient (Wildman–Crippen LogP) is 2.50. The average Bonchev–Trinajstić information content (AvgIpc) is 2.27. The van der Waals surface area contributed by atoms with Gasteiger partial charge in [0.2, 0.25) is 0 Å². The van der Waals surface area contributed by atoms with Gasteiger partial charge in [0.25, 0.3) is 0 Å². The van der Waals surface area contributed by atoms with Crippen LogP contribution in [-0.4, -0.2) is 30.3 Å². The lowest BCUT2D eigenvalue weighted by Gasteiger charge is -2.40. The number of ether oxygens (including phenoxy) is 1. The highest BCUT2D eigenvalue weighted by Gasteiger charge is 2.37. The van der Waals surface area contributed by atoms with Gasteiger partial charge in [-0.3, -0.25) is 0 Å². The second-order valence-corrected chi connectivity index (χ2v) is 4.56. The highest BCUT2D eigenvalue weighted by atomic mass is 19.1. The van der Waals surface area contributed by atoms with E-state index in [4.69, 9.17) is 9.84 Å². The molecule has 1 aliphatic rings. The number of aromatic carboxylic acids is 1. The minimum absolute atomic E-state index is 0.234. The summed E-state index contributed by atoms with van der Waals surface area (Å²) in [6, 6.07) is 4.20. The Kier molecular flexibility index (Phi) is 3.52. The number of hydrogen-bond acceptors (Lipinski definition) is 3. The molecular formula is C13H16FNO3. The first-order valence-corrected chi connectivity index (χ1v) is 5.89. The molecule has 0 unspecified atom stereocenters. The Morgan fingerprint density at radius 1 is 1.56 bits per heavy atom. The van der Waals surface area contributed by atoms with Crippen molar-refractivity contribution in [1.82, 2.24) is 0 Å². The fraction of sp³-hybridized carbons (Fsp3) is 0.462. The minimum Gasteiger partial charge on any atom is -0.478 e. The van der Waals surface area contributed by atoms with Crippen molar-refractivity contribution in [3.05, 3.63) is 29.6 Å². The van der Waals surface area contributed by atoms with E-state index in [-0.39, 0.29) is 11.2 Å². The van der Waals surface area contributed by atoms with E-state index in [0.717, 1.165) is 25.3 Å². The number of carbonyl (C=O) groups is 1. The number of nitrogens with one attached hydrogen (secondary N) is 1. The lowest BCUT2D eigenvalue weighted by atomic mass is 9.80. The monoisotopic (exact) mass is 253 g/mol. The summed E-state index contributed by atoms with van der Waals surface area (Å²) in [5, 5.41) is 12.0. The number of carboxylic acids is 1. The van der Waals surface area contributed by atoms with Crippen LogP contribution < -0.4 is 5.32 Å². The van der Waals surface area contributed by atoms with Crippen molar-refractivity contribution in [2.75, 3.05) is 19.0 Å². The van der Waals surface area contributed by atoms with Crippen LogP contribution in [0.3, 0.4) is 0 Å². The van der Waals surface area contributed by atoms with Crippen molar-refractivity contribution in [1.29, 1.82) is 0 Å². The van der Waals surface area contributed by atoms with Crippen LogP contribution in [0.1, 0.15) is 29.6 Å². The van der Waals surface area contributed by atoms with Crippen LogP contribution in [0.25, 0.3) is 0 Å². The van der Waals surface area contributed by atoms with Crippen LogP contribution in [0.4, 0.5) is 10.1 Å². The van der Waals surface area contributed by atoms with E-state index in [9.17, 15) is 9.18 Å². The van der Waals surface area contributed by atoms with Gasteiger partial charge >= 0.3 is 5.97 Å². The van der Waals surface area contributed by atoms with E-state index < -0.39 is 11.8 Å². The third-order valence-corrected chi connectivity index (χ3v) is 3.53. The molecule has 0 aliphatic heterocycles. The van der Waals surface area contributed by atoms with Crippen LogP contribution in [0.15, 0.2) is 18.2 Å². The van der Waals surface area contributed by atoms with Crippen molar-refractivity contribution in [2.45, 2.75) is 24.9 Å². The maximum Gasteiger partial charge on any atom is 0.340 e. The second kappa shape index (κ2) is 4.94. The summed E-state index contributed by atoms with van der Waals surface area (Å²) in [5.74, 6) is -2.00. The number of halogens is 1. The molecule has 1 aromatic carbocycles. The fourth-order valence-electron chi connectivity index (χ4n) is 2.17. The third-order valence-electron chi connectivity index (χ3n) is 3.53. The van der Waals surface area contributed by atoms with E-state index in [0.29, 0.717) is 12.2 Å². The summed E-state index contributed by atoms with van der Waals surface area (Å²) >= 11 is 0. The Labute approximate surface area is 105 Å². The molecule has 1 aromatic rings. The first-order valence-electron chi connectivity index (χ1n) is 5.89. The van der Waals surface area contributed by atoms with E-state index in [1.807, 2.05) is 0 Å². The molecule has 0 aromatic heterocycles. The standard InChI is InChI=1S/C13H16FNO3/c1-18-13(6-3-7-13)8-15-10-5-2-4-9(14)11(10)12(16)17/h2,4-5,15H,3,6-8H2,1H3,(H,16,17). The summed E-state index contributed by atoms with van der Waals surface area (Å²) in [4.78, 5) is 11.0. The maximum atomic E-state index is 13.4. The van der Waals surface area contributed by atoms with Crippen molar-refractivity contribution in [3.8, 4) is 0 Å². The molecule has 0 atom stereocenters. The summed E-state index contributed by atoms with van der Waals surface area (Å²) in [7, 11) is 1.64. The molecule has 2 N–H and O–H groups in total. The van der Waals surface area contributed by atoms with Gasteiger partial charge in [0.05, 0.1) is 11.3 Å². The Morgan fingerprint density at radius 2 is 2.28 bits per heavy atom. The molecule has 0 saturated heterocycles. The second-order valence-electron chi connectivity index (χ2n) is 4.56. The van der Waals surface area contributed by atoms with Gasteiger partial charge in [-0.05, 0) is 31.4 Å². The zero-order valence-electron chi connectivity index (χ0n) is 10.2. The normalized spacial score (nSPS) is 17.0. The van der Waals surface area contributed by atoms with Crippen LogP contribution in [-0.2, 0) is 4.74 Å². The molecule has 1 aliphatic carbocycles.